The number of hydrogen-bond acceptors (Lipinski definition) is 8. The Hall–Kier alpha value is -4.58. The molecule has 0 saturated carbocycles. The van der Waals surface area contributed by atoms with Gasteiger partial charge in [0.2, 0.25) is 12.1 Å². The summed E-state index contributed by atoms with van der Waals surface area (Å²) in [6, 6.07) is 27.0. The van der Waals surface area contributed by atoms with E-state index >= 15 is 0 Å². The summed E-state index contributed by atoms with van der Waals surface area (Å²) in [5.74, 6) is 7.12. The van der Waals surface area contributed by atoms with E-state index in [1.54, 1.807) is 0 Å². The van der Waals surface area contributed by atoms with Crippen molar-refractivity contribution in [3.8, 4) is 23.2 Å². The summed E-state index contributed by atoms with van der Waals surface area (Å²) in [6.07, 6.45) is 10.2. The van der Waals surface area contributed by atoms with Crippen LogP contribution in [0.3, 0.4) is 0 Å². The number of nitrogens with one attached hydrogen (secondary N) is 2. The molecule has 1 heterocycles. The number of aliphatic imine (C=N–C) groups is 1. The Morgan fingerprint density at radius 3 is 2.45 bits per heavy atom. The molecule has 4 aromatic rings. The van der Waals surface area contributed by atoms with Crippen LogP contribution in [0, 0.1) is 11.5 Å². The second-order valence-corrected chi connectivity index (χ2v) is 10.6. The van der Waals surface area contributed by atoms with E-state index < -0.39 is 0 Å². The molecule has 2 aliphatic rings. The summed E-state index contributed by atoms with van der Waals surface area (Å²) < 4.78 is 5.78. The van der Waals surface area contributed by atoms with E-state index in [1.807, 2.05) is 55.7 Å². The number of nitrogens with two attached hydrogens (primary N) is 1. The third kappa shape index (κ3) is 7.38. The summed E-state index contributed by atoms with van der Waals surface area (Å²) in [7, 11) is 2.04. The maximum absolute atomic E-state index is 8.95. The van der Waals surface area contributed by atoms with Gasteiger partial charge in [0, 0.05) is 11.6 Å². The molecule has 0 amide bonds. The summed E-state index contributed by atoms with van der Waals surface area (Å²) >= 11 is 0. The Bertz CT molecular complexity index is 1560. The Balaban J connectivity index is 0.000000180. The first-order valence-electron chi connectivity index (χ1n) is 14.5. The summed E-state index contributed by atoms with van der Waals surface area (Å²) in [6.45, 7) is 0. The zero-order valence-electron chi connectivity index (χ0n) is 24.0. The average molecular weight is 560 g/mol. The minimum atomic E-state index is 0.426. The molecule has 8 nitrogen and oxygen atoms in total. The number of hydrazine groups is 1. The van der Waals surface area contributed by atoms with E-state index in [0.29, 0.717) is 29.9 Å². The maximum Gasteiger partial charge on any atom is 0.210 e. The molecule has 0 aliphatic heterocycles. The van der Waals surface area contributed by atoms with Crippen LogP contribution in [0.25, 0.3) is 11.3 Å². The fraction of sp³-hybridized carbons (Fsp3) is 0.294. The topological polar surface area (TPSA) is 121 Å². The van der Waals surface area contributed by atoms with Gasteiger partial charge in [-0.2, -0.15) is 5.26 Å². The summed E-state index contributed by atoms with van der Waals surface area (Å²) in [5, 5.41) is 20.7. The molecule has 42 heavy (non-hydrogen) atoms. The Kier molecular flexibility index (Phi) is 9.89. The van der Waals surface area contributed by atoms with Crippen LogP contribution in [0.5, 0.6) is 5.75 Å². The third-order valence-electron chi connectivity index (χ3n) is 7.90. The minimum absolute atomic E-state index is 0.426. The van der Waals surface area contributed by atoms with Crippen molar-refractivity contribution in [1.29, 1.82) is 5.26 Å². The van der Waals surface area contributed by atoms with E-state index in [0.717, 1.165) is 49.8 Å². The predicted molar refractivity (Wildman–Crippen MR) is 167 cm³/mol. The molecule has 6 rings (SSSR count). The van der Waals surface area contributed by atoms with Gasteiger partial charge in [-0.3, -0.25) is 0 Å². The van der Waals surface area contributed by atoms with Crippen LogP contribution in [0.4, 0.5) is 5.82 Å². The maximum atomic E-state index is 8.95. The number of nitrogen functional groups attached to an aromatic ring is 1. The van der Waals surface area contributed by atoms with Crippen molar-refractivity contribution in [3.63, 3.8) is 0 Å². The van der Waals surface area contributed by atoms with Crippen molar-refractivity contribution in [1.82, 2.24) is 15.5 Å². The average Bonchev–Trinajstić information content (AvgIpc) is 3.35. The highest BCUT2D eigenvalue weighted by Crippen LogP contribution is 2.31. The number of ether oxygens (including phenoxy) is 1. The van der Waals surface area contributed by atoms with E-state index in [2.05, 4.69) is 62.3 Å². The van der Waals surface area contributed by atoms with E-state index in [-0.39, 0.29) is 0 Å². The highest BCUT2D eigenvalue weighted by Gasteiger charge is 2.17. The third-order valence-corrected chi connectivity index (χ3v) is 7.90. The smallest absolute Gasteiger partial charge is 0.210 e. The molecular formula is C34H37N7O. The lowest BCUT2D eigenvalue weighted by atomic mass is 9.99. The zero-order valence-corrected chi connectivity index (χ0v) is 24.0. The lowest BCUT2D eigenvalue weighted by Gasteiger charge is -2.11. The van der Waals surface area contributed by atoms with Gasteiger partial charge in [-0.15, -0.1) is 15.2 Å². The quantitative estimate of drug-likeness (QED) is 0.0730. The number of fused-ring (bicyclic) bond motifs is 4. The van der Waals surface area contributed by atoms with Crippen molar-refractivity contribution in [3.05, 3.63) is 107 Å². The number of nitriles is 1. The van der Waals surface area contributed by atoms with E-state index in [9.17, 15) is 0 Å². The number of para-hydroxylation sites is 1. The molecule has 0 unspecified atom stereocenters. The molecule has 1 aromatic heterocycles. The highest BCUT2D eigenvalue weighted by molar-refractivity contribution is 5.81. The van der Waals surface area contributed by atoms with Gasteiger partial charge in [-0.05, 0) is 98.0 Å². The second kappa shape index (κ2) is 14.4. The van der Waals surface area contributed by atoms with Crippen molar-refractivity contribution in [2.45, 2.75) is 57.4 Å². The summed E-state index contributed by atoms with van der Waals surface area (Å²) in [4.78, 5) is 3.86. The largest absolute Gasteiger partial charge is 0.442 e. The van der Waals surface area contributed by atoms with Gasteiger partial charge in [-0.25, -0.2) is 5.84 Å². The monoisotopic (exact) mass is 559 g/mol. The van der Waals surface area contributed by atoms with Crippen LogP contribution in [-0.4, -0.2) is 29.2 Å². The van der Waals surface area contributed by atoms with Crippen molar-refractivity contribution >= 4 is 11.7 Å². The van der Waals surface area contributed by atoms with Crippen molar-refractivity contribution in [2.24, 2.45) is 10.8 Å². The molecule has 0 fully saturated rings. The van der Waals surface area contributed by atoms with Gasteiger partial charge < -0.3 is 15.5 Å². The number of rotatable bonds is 5. The lowest BCUT2D eigenvalue weighted by Crippen LogP contribution is -2.24. The first kappa shape index (κ1) is 28.9. The van der Waals surface area contributed by atoms with Crippen LogP contribution in [-0.2, 0) is 32.1 Å². The standard InChI is InChI=1S/C21H23N3O.C13H14N4/c1-23-19-11-9-17-8-7-16(13-18(17)10-12-19)14-21(24-15-22)25-20-5-3-2-4-6-20;14-15-12-8-10-6-3-5-9-4-1-2-7-11(9)13(10)17-16-12/h2-8,13,19,23H,9-12,14H2,1H3;1-2,4,7-8H,3,5-6,14H2,(H,15,16)/t19-;/m0./s1. The molecule has 0 bridgehead atoms. The SMILES string of the molecule is CN[C@H]1CCc2ccc(CC(=NC#N)Oc3ccccc3)cc2CC1.NNc1cc2c(nn1)-c1ccccc1CCC2. The van der Waals surface area contributed by atoms with Gasteiger partial charge >= 0.3 is 0 Å². The van der Waals surface area contributed by atoms with E-state index in [4.69, 9.17) is 15.8 Å². The fourth-order valence-electron chi connectivity index (χ4n) is 5.67. The van der Waals surface area contributed by atoms with Gasteiger partial charge in [0.25, 0.3) is 0 Å². The number of nitrogens with zero attached hydrogens (tertiary/aromatic N) is 4. The van der Waals surface area contributed by atoms with Crippen molar-refractivity contribution < 1.29 is 4.74 Å². The van der Waals surface area contributed by atoms with Gasteiger partial charge in [0.15, 0.2) is 5.82 Å². The normalized spacial score (nSPS) is 15.7. The molecule has 1 atom stereocenters. The molecule has 3 aromatic carbocycles. The van der Waals surface area contributed by atoms with Crippen LogP contribution in [0.15, 0.2) is 83.9 Å². The first-order chi connectivity index (χ1) is 20.7. The lowest BCUT2D eigenvalue weighted by molar-refractivity contribution is 0.503. The molecule has 2 aliphatic carbocycles. The number of hydrogen-bond donors (Lipinski definition) is 3. The number of benzene rings is 3. The van der Waals surface area contributed by atoms with Gasteiger partial charge in [0.05, 0.1) is 12.1 Å². The molecule has 214 valence electrons. The van der Waals surface area contributed by atoms with Crippen LogP contribution < -0.4 is 21.3 Å². The van der Waals surface area contributed by atoms with Gasteiger partial charge in [-0.1, -0.05) is 60.7 Å². The molecule has 0 radical (unpaired) electrons. The predicted octanol–water partition coefficient (Wildman–Crippen LogP) is 5.57. The van der Waals surface area contributed by atoms with Crippen LogP contribution in [0.1, 0.15) is 47.1 Å². The first-order valence-corrected chi connectivity index (χ1v) is 14.5. The Morgan fingerprint density at radius 1 is 0.905 bits per heavy atom. The van der Waals surface area contributed by atoms with E-state index in [1.165, 1.54) is 34.2 Å². The minimum Gasteiger partial charge on any atom is -0.442 e. The molecule has 4 N–H and O–H groups in total. The molecule has 8 heteroatoms. The highest BCUT2D eigenvalue weighted by atomic mass is 16.5. The number of aryl methyl sites for hydroxylation is 4. The number of aromatic nitrogens is 2. The van der Waals surface area contributed by atoms with Crippen molar-refractivity contribution in [2.75, 3.05) is 12.5 Å². The van der Waals surface area contributed by atoms with Crippen LogP contribution >= 0.6 is 0 Å². The van der Waals surface area contributed by atoms with Gasteiger partial charge in [0.1, 0.15) is 5.75 Å². The molecular weight excluding hydrogens is 522 g/mol. The molecule has 0 saturated heterocycles. The molecule has 0 spiro atoms. The Labute approximate surface area is 247 Å². The Morgan fingerprint density at radius 2 is 1.67 bits per heavy atom. The second-order valence-electron chi connectivity index (χ2n) is 10.6. The number of anilines is 1. The zero-order chi connectivity index (χ0) is 29.1. The fourth-order valence-corrected chi connectivity index (χ4v) is 5.67. The summed E-state index contributed by atoms with van der Waals surface area (Å²) in [5.41, 5.74) is 11.3. The van der Waals surface area contributed by atoms with Crippen LogP contribution in [0.2, 0.25) is 0 Å².